The summed E-state index contributed by atoms with van der Waals surface area (Å²) in [5.74, 6) is 0.914. The van der Waals surface area contributed by atoms with Crippen LogP contribution in [-0.2, 0) is 13.1 Å². The molecule has 2 aliphatic rings. The van der Waals surface area contributed by atoms with E-state index in [9.17, 15) is 0 Å². The molecule has 0 bridgehead atoms. The molecule has 0 amide bonds. The zero-order chi connectivity index (χ0) is 20.3. The molecule has 1 aromatic rings. The van der Waals surface area contributed by atoms with Gasteiger partial charge in [-0.1, -0.05) is 43.2 Å². The zero-order valence-corrected chi connectivity index (χ0v) is 20.9. The lowest BCUT2D eigenvalue weighted by Crippen LogP contribution is -2.48. The first-order valence-electron chi connectivity index (χ1n) is 11.4. The Morgan fingerprint density at radius 1 is 1.03 bits per heavy atom. The predicted octanol–water partition coefficient (Wildman–Crippen LogP) is 4.00. The van der Waals surface area contributed by atoms with Crippen LogP contribution < -0.4 is 10.6 Å². The van der Waals surface area contributed by atoms with Gasteiger partial charge in [0.1, 0.15) is 0 Å². The summed E-state index contributed by atoms with van der Waals surface area (Å²) in [6, 6.07) is 9.35. The smallest absolute Gasteiger partial charge is 0.191 e. The van der Waals surface area contributed by atoms with E-state index in [1.165, 1.54) is 49.9 Å². The molecule has 0 aromatic heterocycles. The van der Waals surface area contributed by atoms with Gasteiger partial charge in [0.2, 0.25) is 0 Å². The van der Waals surface area contributed by atoms with Crippen molar-refractivity contribution in [2.24, 2.45) is 4.99 Å². The van der Waals surface area contributed by atoms with Crippen molar-refractivity contribution < 1.29 is 0 Å². The highest BCUT2D eigenvalue weighted by atomic mass is 127. The van der Waals surface area contributed by atoms with Crippen molar-refractivity contribution in [3.8, 4) is 0 Å². The average Bonchev–Trinajstić information content (AvgIpc) is 3.02. The molecule has 0 atom stereocenters. The summed E-state index contributed by atoms with van der Waals surface area (Å²) in [5.41, 5.74) is 2.82. The Balaban J connectivity index is 0.00000320. The maximum atomic E-state index is 4.46. The second-order valence-corrected chi connectivity index (χ2v) is 8.39. The van der Waals surface area contributed by atoms with Crippen molar-refractivity contribution in [3.05, 3.63) is 48.0 Å². The molecule has 2 heterocycles. The number of nitrogens with one attached hydrogen (secondary N) is 2. The molecule has 5 nitrogen and oxygen atoms in total. The Hall–Kier alpha value is -1.12. The molecule has 2 aliphatic heterocycles. The third-order valence-corrected chi connectivity index (χ3v) is 6.20. The molecule has 0 spiro atoms. The van der Waals surface area contributed by atoms with Crippen LogP contribution in [0.3, 0.4) is 0 Å². The number of aliphatic imine (C=N–C) groups is 1. The van der Waals surface area contributed by atoms with Gasteiger partial charge in [0.25, 0.3) is 0 Å². The van der Waals surface area contributed by atoms with Gasteiger partial charge in [-0.2, -0.15) is 0 Å². The lowest BCUT2D eigenvalue weighted by molar-refractivity contribution is 0.225. The summed E-state index contributed by atoms with van der Waals surface area (Å²) < 4.78 is 0. The van der Waals surface area contributed by atoms with Gasteiger partial charge in [-0.05, 0) is 49.9 Å². The highest BCUT2D eigenvalue weighted by Gasteiger charge is 2.19. The van der Waals surface area contributed by atoms with Crippen LogP contribution in [-0.4, -0.2) is 61.6 Å². The standard InChI is InChI=1S/C24H39N5.HI/c1-3-14-28-17-12-23(13-18-28)27-24(25-2)26-19-21-10-6-7-11-22(21)20-29-15-8-4-5-9-16-29;/h3,6-7,10-11,23H,1,4-5,8-9,12-20H2,2H3,(H2,25,26,27);1H. The Bertz CT molecular complexity index is 647. The average molecular weight is 526 g/mol. The van der Waals surface area contributed by atoms with Gasteiger partial charge >= 0.3 is 0 Å². The van der Waals surface area contributed by atoms with Crippen molar-refractivity contribution in [2.75, 3.05) is 39.8 Å². The molecule has 0 radical (unpaired) electrons. The van der Waals surface area contributed by atoms with Crippen LogP contribution in [0.4, 0.5) is 0 Å². The van der Waals surface area contributed by atoms with Crippen LogP contribution in [0.1, 0.15) is 49.7 Å². The minimum atomic E-state index is 0. The number of halogens is 1. The summed E-state index contributed by atoms with van der Waals surface area (Å²) >= 11 is 0. The molecule has 0 saturated carbocycles. The highest BCUT2D eigenvalue weighted by molar-refractivity contribution is 14.0. The van der Waals surface area contributed by atoms with Crippen molar-refractivity contribution >= 4 is 29.9 Å². The summed E-state index contributed by atoms with van der Waals surface area (Å²) in [6.07, 6.45) is 9.74. The van der Waals surface area contributed by atoms with Crippen LogP contribution >= 0.6 is 24.0 Å². The summed E-state index contributed by atoms with van der Waals surface area (Å²) in [5, 5.41) is 7.17. The van der Waals surface area contributed by atoms with E-state index in [0.29, 0.717) is 6.04 Å². The number of guanidine groups is 1. The number of piperidine rings is 1. The fraction of sp³-hybridized carbons (Fsp3) is 0.625. The first-order valence-corrected chi connectivity index (χ1v) is 11.4. The fourth-order valence-corrected chi connectivity index (χ4v) is 4.43. The number of benzene rings is 1. The van der Waals surface area contributed by atoms with Crippen LogP contribution in [0, 0.1) is 0 Å². The van der Waals surface area contributed by atoms with Crippen molar-refractivity contribution in [2.45, 2.75) is 57.7 Å². The number of hydrogen-bond donors (Lipinski definition) is 2. The van der Waals surface area contributed by atoms with Crippen molar-refractivity contribution in [3.63, 3.8) is 0 Å². The fourth-order valence-electron chi connectivity index (χ4n) is 4.43. The number of nitrogens with zero attached hydrogens (tertiary/aromatic N) is 3. The molecular weight excluding hydrogens is 485 g/mol. The van der Waals surface area contributed by atoms with Crippen LogP contribution in [0.2, 0.25) is 0 Å². The summed E-state index contributed by atoms with van der Waals surface area (Å²) in [4.78, 5) is 9.54. The molecule has 2 fully saturated rings. The van der Waals surface area contributed by atoms with E-state index in [-0.39, 0.29) is 24.0 Å². The molecule has 3 rings (SSSR count). The van der Waals surface area contributed by atoms with Crippen LogP contribution in [0.5, 0.6) is 0 Å². The molecule has 2 N–H and O–H groups in total. The van der Waals surface area contributed by atoms with E-state index in [0.717, 1.165) is 51.5 Å². The maximum absolute atomic E-state index is 4.46. The predicted molar refractivity (Wildman–Crippen MR) is 139 cm³/mol. The summed E-state index contributed by atoms with van der Waals surface area (Å²) in [6.45, 7) is 11.4. The van der Waals surface area contributed by atoms with Gasteiger partial charge in [-0.15, -0.1) is 30.6 Å². The maximum Gasteiger partial charge on any atom is 0.191 e. The van der Waals surface area contributed by atoms with E-state index in [2.05, 4.69) is 56.3 Å². The lowest BCUT2D eigenvalue weighted by Gasteiger charge is -2.32. The third kappa shape index (κ3) is 8.19. The first-order chi connectivity index (χ1) is 14.3. The Labute approximate surface area is 200 Å². The largest absolute Gasteiger partial charge is 0.354 e. The minimum absolute atomic E-state index is 0. The van der Waals surface area contributed by atoms with Gasteiger partial charge in [0.05, 0.1) is 0 Å². The van der Waals surface area contributed by atoms with Gasteiger partial charge in [0.15, 0.2) is 5.96 Å². The monoisotopic (exact) mass is 525 g/mol. The Kier molecular flexibility index (Phi) is 11.8. The van der Waals surface area contributed by atoms with Gasteiger partial charge < -0.3 is 10.6 Å². The molecule has 0 unspecified atom stereocenters. The van der Waals surface area contributed by atoms with Crippen molar-refractivity contribution in [1.82, 2.24) is 20.4 Å². The lowest BCUT2D eigenvalue weighted by atomic mass is 10.1. The summed E-state index contributed by atoms with van der Waals surface area (Å²) in [7, 11) is 1.87. The van der Waals surface area contributed by atoms with Gasteiger partial charge in [0, 0.05) is 45.8 Å². The Morgan fingerprint density at radius 3 is 2.33 bits per heavy atom. The molecule has 30 heavy (non-hydrogen) atoms. The first kappa shape index (κ1) is 25.1. The topological polar surface area (TPSA) is 42.9 Å². The van der Waals surface area contributed by atoms with E-state index in [4.69, 9.17) is 0 Å². The number of likely N-dealkylation sites (tertiary alicyclic amines) is 2. The van der Waals surface area contributed by atoms with Crippen LogP contribution in [0.15, 0.2) is 41.9 Å². The van der Waals surface area contributed by atoms with E-state index >= 15 is 0 Å². The molecule has 6 heteroatoms. The molecule has 1 aromatic carbocycles. The normalized spacial score (nSPS) is 19.6. The second-order valence-electron chi connectivity index (χ2n) is 8.39. The third-order valence-electron chi connectivity index (χ3n) is 6.20. The quantitative estimate of drug-likeness (QED) is 0.245. The SMILES string of the molecule is C=CCN1CCC(NC(=NC)NCc2ccccc2CN2CCCCCC2)CC1.I. The van der Waals surface area contributed by atoms with E-state index in [1.54, 1.807) is 0 Å². The second kappa shape index (κ2) is 14.0. The minimum Gasteiger partial charge on any atom is -0.354 e. The highest BCUT2D eigenvalue weighted by Crippen LogP contribution is 2.16. The van der Waals surface area contributed by atoms with E-state index < -0.39 is 0 Å². The number of hydrogen-bond acceptors (Lipinski definition) is 3. The molecule has 2 saturated heterocycles. The Morgan fingerprint density at radius 2 is 1.70 bits per heavy atom. The van der Waals surface area contributed by atoms with Gasteiger partial charge in [-0.25, -0.2) is 0 Å². The van der Waals surface area contributed by atoms with Crippen LogP contribution in [0.25, 0.3) is 0 Å². The molecular formula is C24H40IN5. The molecule has 0 aliphatic carbocycles. The van der Waals surface area contributed by atoms with E-state index in [1.807, 2.05) is 13.1 Å². The van der Waals surface area contributed by atoms with Crippen molar-refractivity contribution in [1.29, 1.82) is 0 Å². The van der Waals surface area contributed by atoms with Gasteiger partial charge in [-0.3, -0.25) is 14.8 Å². The number of rotatable bonds is 7. The molecule has 168 valence electrons. The zero-order valence-electron chi connectivity index (χ0n) is 18.6.